The molecule has 0 spiro atoms. The Balaban J connectivity index is 3.21. The molecule has 0 aliphatic carbocycles. The number of halogens is 1. The summed E-state index contributed by atoms with van der Waals surface area (Å²) < 4.78 is 0. The highest BCUT2D eigenvalue weighted by Crippen LogP contribution is 2.17. The first-order chi connectivity index (χ1) is 6.56. The van der Waals surface area contributed by atoms with Crippen LogP contribution in [0.3, 0.4) is 0 Å². The zero-order valence-corrected chi connectivity index (χ0v) is 8.38. The summed E-state index contributed by atoms with van der Waals surface area (Å²) in [7, 11) is 0. The van der Waals surface area contributed by atoms with Gasteiger partial charge in [0.1, 0.15) is 0 Å². The lowest BCUT2D eigenvalue weighted by Crippen LogP contribution is -2.13. The smallest absolute Gasteiger partial charge is 0.182 e. The van der Waals surface area contributed by atoms with Gasteiger partial charge in [-0.25, -0.2) is 0 Å². The molecular weight excluding hydrogens is 200 g/mol. The van der Waals surface area contributed by atoms with Gasteiger partial charge in [-0.2, -0.15) is 5.26 Å². The van der Waals surface area contributed by atoms with Crippen molar-refractivity contribution < 1.29 is 4.79 Å². The number of ketones is 1. The van der Waals surface area contributed by atoms with E-state index in [9.17, 15) is 4.79 Å². The number of carbonyl (C=O) groups excluding carboxylic acids is 1. The summed E-state index contributed by atoms with van der Waals surface area (Å²) >= 11 is 5.64. The number of Topliss-reactive ketones (excluding diaryl/α,β-unsaturated/α-hetero) is 1. The van der Waals surface area contributed by atoms with Gasteiger partial charge in [0.2, 0.25) is 0 Å². The molecule has 72 valence electrons. The molecule has 14 heavy (non-hydrogen) atoms. The number of nitriles is 1. The molecule has 0 aliphatic rings. The van der Waals surface area contributed by atoms with Gasteiger partial charge in [-0.15, -0.1) is 11.6 Å². The molecule has 0 saturated carbocycles. The lowest BCUT2D eigenvalue weighted by atomic mass is 10.0. The van der Waals surface area contributed by atoms with Crippen LogP contribution in [0.25, 0.3) is 0 Å². The van der Waals surface area contributed by atoms with Crippen molar-refractivity contribution in [2.75, 3.05) is 5.73 Å². The number of hydrogen-bond acceptors (Lipinski definition) is 3. The summed E-state index contributed by atoms with van der Waals surface area (Å²) in [5.74, 6) is -0.263. The molecule has 1 atom stereocenters. The Morgan fingerprint density at radius 1 is 1.64 bits per heavy atom. The molecule has 1 rings (SSSR count). The maximum Gasteiger partial charge on any atom is 0.182 e. The predicted octanol–water partition coefficient (Wildman–Crippen LogP) is 1.95. The van der Waals surface area contributed by atoms with Gasteiger partial charge in [-0.1, -0.05) is 0 Å². The second-order valence-electron chi connectivity index (χ2n) is 2.89. The Morgan fingerprint density at radius 3 is 2.79 bits per heavy atom. The van der Waals surface area contributed by atoms with Gasteiger partial charge in [-0.3, -0.25) is 4.79 Å². The van der Waals surface area contributed by atoms with E-state index in [2.05, 4.69) is 0 Å². The molecule has 0 saturated heterocycles. The molecule has 3 nitrogen and oxygen atoms in total. The third-order valence-electron chi connectivity index (χ3n) is 1.81. The number of alkyl halides is 1. The molecule has 1 aromatic rings. The van der Waals surface area contributed by atoms with Crippen LogP contribution in [0.5, 0.6) is 0 Å². The second-order valence-corrected chi connectivity index (χ2v) is 3.55. The van der Waals surface area contributed by atoms with E-state index in [0.717, 1.165) is 0 Å². The number of carbonyl (C=O) groups is 1. The van der Waals surface area contributed by atoms with Gasteiger partial charge < -0.3 is 5.73 Å². The zero-order chi connectivity index (χ0) is 10.7. The molecule has 1 aromatic carbocycles. The molecule has 0 bridgehead atoms. The summed E-state index contributed by atoms with van der Waals surface area (Å²) in [5, 5.41) is 8.01. The lowest BCUT2D eigenvalue weighted by molar-refractivity contribution is 0.0992. The first kappa shape index (κ1) is 10.6. The van der Waals surface area contributed by atoms with Crippen molar-refractivity contribution in [3.63, 3.8) is 0 Å². The van der Waals surface area contributed by atoms with Crippen molar-refractivity contribution in [2.45, 2.75) is 12.3 Å². The number of nitrogen functional groups attached to an aromatic ring is 1. The highest BCUT2D eigenvalue weighted by molar-refractivity contribution is 6.34. The SMILES string of the molecule is CC(Cl)C(=O)c1cc(C#N)ccc1N. The molecule has 1 unspecified atom stereocenters. The minimum absolute atomic E-state index is 0.263. The average Bonchev–Trinajstić information content (AvgIpc) is 2.17. The van der Waals surface area contributed by atoms with Crippen LogP contribution in [0.2, 0.25) is 0 Å². The van der Waals surface area contributed by atoms with Gasteiger partial charge in [-0.05, 0) is 25.1 Å². The summed E-state index contributed by atoms with van der Waals surface area (Å²) in [6.45, 7) is 1.57. The maximum atomic E-state index is 11.5. The van der Waals surface area contributed by atoms with Crippen molar-refractivity contribution in [3.8, 4) is 6.07 Å². The molecule has 4 heteroatoms. The van der Waals surface area contributed by atoms with E-state index in [4.69, 9.17) is 22.6 Å². The molecule has 2 N–H and O–H groups in total. The van der Waals surface area contributed by atoms with E-state index >= 15 is 0 Å². The Bertz CT molecular complexity index is 407. The second kappa shape index (κ2) is 4.12. The lowest BCUT2D eigenvalue weighted by Gasteiger charge is -2.05. The van der Waals surface area contributed by atoms with E-state index in [1.807, 2.05) is 6.07 Å². The van der Waals surface area contributed by atoms with E-state index in [1.165, 1.54) is 12.1 Å². The van der Waals surface area contributed by atoms with Crippen molar-refractivity contribution in [3.05, 3.63) is 29.3 Å². The van der Waals surface area contributed by atoms with Crippen molar-refractivity contribution >= 4 is 23.1 Å². The summed E-state index contributed by atoms with van der Waals surface area (Å²) in [5.41, 5.74) is 6.66. The normalized spacial score (nSPS) is 11.8. The number of nitrogens with two attached hydrogens (primary N) is 1. The van der Waals surface area contributed by atoms with Crippen LogP contribution in [0, 0.1) is 11.3 Å². The summed E-state index contributed by atoms with van der Waals surface area (Å²) in [6.07, 6.45) is 0. The minimum Gasteiger partial charge on any atom is -0.398 e. The molecular formula is C10H9ClN2O. The molecule has 0 aliphatic heterocycles. The number of rotatable bonds is 2. The Hall–Kier alpha value is -1.53. The van der Waals surface area contributed by atoms with Gasteiger partial charge in [0.25, 0.3) is 0 Å². The van der Waals surface area contributed by atoms with Crippen molar-refractivity contribution in [2.24, 2.45) is 0 Å². The Labute approximate surface area is 87.1 Å². The first-order valence-corrected chi connectivity index (χ1v) is 4.48. The monoisotopic (exact) mass is 208 g/mol. The third kappa shape index (κ3) is 2.04. The number of hydrogen-bond donors (Lipinski definition) is 1. The third-order valence-corrected chi connectivity index (χ3v) is 2.01. The van der Waals surface area contributed by atoms with Crippen LogP contribution < -0.4 is 5.73 Å². The minimum atomic E-state index is -0.633. The average molecular weight is 209 g/mol. The van der Waals surface area contributed by atoms with Crippen molar-refractivity contribution in [1.82, 2.24) is 0 Å². The predicted molar refractivity (Wildman–Crippen MR) is 55.2 cm³/mol. The molecule has 0 amide bonds. The number of anilines is 1. The van der Waals surface area contributed by atoms with Crippen molar-refractivity contribution in [1.29, 1.82) is 5.26 Å². The standard InChI is InChI=1S/C10H9ClN2O/c1-6(11)10(14)8-4-7(5-12)2-3-9(8)13/h2-4,6H,13H2,1H3. The van der Waals surface area contributed by atoms with Crippen LogP contribution in [0.4, 0.5) is 5.69 Å². The van der Waals surface area contributed by atoms with Crippen LogP contribution in [0.1, 0.15) is 22.8 Å². The molecule has 0 aromatic heterocycles. The van der Waals surface area contributed by atoms with Crippen LogP contribution in [-0.4, -0.2) is 11.2 Å². The van der Waals surface area contributed by atoms with E-state index < -0.39 is 5.38 Å². The van der Waals surface area contributed by atoms with E-state index in [1.54, 1.807) is 13.0 Å². The number of benzene rings is 1. The van der Waals surface area contributed by atoms with Gasteiger partial charge in [0, 0.05) is 11.3 Å². The fourth-order valence-corrected chi connectivity index (χ4v) is 1.17. The fraction of sp³-hybridized carbons (Fsp3) is 0.200. The summed E-state index contributed by atoms with van der Waals surface area (Å²) in [6, 6.07) is 6.49. The van der Waals surface area contributed by atoms with Gasteiger partial charge in [0.15, 0.2) is 5.78 Å². The van der Waals surface area contributed by atoms with Crippen LogP contribution in [-0.2, 0) is 0 Å². The fourth-order valence-electron chi connectivity index (χ4n) is 1.05. The van der Waals surface area contributed by atoms with Gasteiger partial charge in [0.05, 0.1) is 17.0 Å². The molecule has 0 fully saturated rings. The maximum absolute atomic E-state index is 11.5. The summed E-state index contributed by atoms with van der Waals surface area (Å²) in [4.78, 5) is 11.5. The van der Waals surface area contributed by atoms with E-state index in [-0.39, 0.29) is 5.78 Å². The first-order valence-electron chi connectivity index (χ1n) is 4.04. The van der Waals surface area contributed by atoms with Gasteiger partial charge >= 0.3 is 0 Å². The molecule has 0 radical (unpaired) electrons. The number of nitrogens with zero attached hydrogens (tertiary/aromatic N) is 1. The van der Waals surface area contributed by atoms with Crippen LogP contribution >= 0.6 is 11.6 Å². The van der Waals surface area contributed by atoms with E-state index in [0.29, 0.717) is 16.8 Å². The Morgan fingerprint density at radius 2 is 2.29 bits per heavy atom. The Kier molecular flexibility index (Phi) is 3.10. The zero-order valence-electron chi connectivity index (χ0n) is 7.62. The topological polar surface area (TPSA) is 66.9 Å². The quantitative estimate of drug-likeness (QED) is 0.459. The highest BCUT2D eigenvalue weighted by atomic mass is 35.5. The largest absolute Gasteiger partial charge is 0.398 e. The highest BCUT2D eigenvalue weighted by Gasteiger charge is 2.15. The van der Waals surface area contributed by atoms with Crippen LogP contribution in [0.15, 0.2) is 18.2 Å². The molecule has 0 heterocycles.